The van der Waals surface area contributed by atoms with Gasteiger partial charge in [0.2, 0.25) is 0 Å². The van der Waals surface area contributed by atoms with E-state index in [0.29, 0.717) is 23.6 Å². The number of nitrogens with zero attached hydrogens (tertiary/aromatic N) is 2. The SMILES string of the molecule is CCC1(CNc2nc(-c3ccnc(N)c3)c(Cl)cc2F)CCOCC1. The lowest BCUT2D eigenvalue weighted by Gasteiger charge is -2.36. The lowest BCUT2D eigenvalue weighted by Crippen LogP contribution is -2.35. The zero-order chi connectivity index (χ0) is 17.9. The lowest BCUT2D eigenvalue weighted by atomic mass is 9.78. The molecule has 5 nitrogen and oxygen atoms in total. The summed E-state index contributed by atoms with van der Waals surface area (Å²) in [4.78, 5) is 8.36. The molecule has 0 radical (unpaired) electrons. The first kappa shape index (κ1) is 17.9. The fraction of sp³-hybridized carbons (Fsp3) is 0.444. The van der Waals surface area contributed by atoms with Gasteiger partial charge in [-0.15, -0.1) is 0 Å². The Hall–Kier alpha value is -1.92. The summed E-state index contributed by atoms with van der Waals surface area (Å²) < 4.78 is 19.8. The van der Waals surface area contributed by atoms with Gasteiger partial charge in [-0.3, -0.25) is 0 Å². The van der Waals surface area contributed by atoms with Gasteiger partial charge in [0, 0.05) is 31.5 Å². The number of aromatic nitrogens is 2. The number of ether oxygens (including phenoxy) is 1. The number of hydrogen-bond donors (Lipinski definition) is 2. The molecule has 134 valence electrons. The molecule has 0 unspecified atom stereocenters. The smallest absolute Gasteiger partial charge is 0.166 e. The molecule has 0 bridgehead atoms. The Labute approximate surface area is 151 Å². The molecule has 2 aromatic rings. The van der Waals surface area contributed by atoms with Crippen molar-refractivity contribution < 1.29 is 9.13 Å². The minimum atomic E-state index is -0.464. The molecule has 7 heteroatoms. The first-order chi connectivity index (χ1) is 12.0. The van der Waals surface area contributed by atoms with Gasteiger partial charge in [0.05, 0.1) is 10.7 Å². The fourth-order valence-corrected chi connectivity index (χ4v) is 3.37. The Kier molecular flexibility index (Phi) is 5.39. The number of anilines is 2. The summed E-state index contributed by atoms with van der Waals surface area (Å²) in [7, 11) is 0. The third-order valence-electron chi connectivity index (χ3n) is 4.92. The van der Waals surface area contributed by atoms with Crippen LogP contribution in [0.15, 0.2) is 24.4 Å². The van der Waals surface area contributed by atoms with E-state index in [1.807, 2.05) is 0 Å². The third-order valence-corrected chi connectivity index (χ3v) is 5.21. The highest BCUT2D eigenvalue weighted by atomic mass is 35.5. The number of pyridine rings is 2. The molecule has 0 aromatic carbocycles. The molecular formula is C18H22ClFN4O. The minimum Gasteiger partial charge on any atom is -0.384 e. The van der Waals surface area contributed by atoms with Crippen molar-refractivity contribution in [2.45, 2.75) is 26.2 Å². The zero-order valence-electron chi connectivity index (χ0n) is 14.2. The molecule has 0 saturated carbocycles. The van der Waals surface area contributed by atoms with E-state index in [-0.39, 0.29) is 16.3 Å². The van der Waals surface area contributed by atoms with Gasteiger partial charge in [-0.1, -0.05) is 18.5 Å². The molecule has 0 aliphatic carbocycles. The number of rotatable bonds is 5. The van der Waals surface area contributed by atoms with Crippen LogP contribution in [0.3, 0.4) is 0 Å². The molecule has 1 aliphatic heterocycles. The van der Waals surface area contributed by atoms with Crippen LogP contribution in [0.25, 0.3) is 11.3 Å². The van der Waals surface area contributed by atoms with Crippen molar-refractivity contribution in [1.29, 1.82) is 0 Å². The van der Waals surface area contributed by atoms with E-state index in [1.165, 1.54) is 6.07 Å². The second-order valence-electron chi connectivity index (χ2n) is 6.44. The zero-order valence-corrected chi connectivity index (χ0v) is 14.9. The van der Waals surface area contributed by atoms with Gasteiger partial charge in [-0.05, 0) is 42.9 Å². The van der Waals surface area contributed by atoms with Crippen LogP contribution in [0.5, 0.6) is 0 Å². The number of nitrogens with one attached hydrogen (secondary N) is 1. The van der Waals surface area contributed by atoms with E-state index >= 15 is 0 Å². The van der Waals surface area contributed by atoms with Crippen molar-refractivity contribution in [3.63, 3.8) is 0 Å². The predicted octanol–water partition coefficient (Wildman–Crippen LogP) is 4.14. The average molecular weight is 365 g/mol. The summed E-state index contributed by atoms with van der Waals surface area (Å²) in [5, 5.41) is 3.42. The minimum absolute atomic E-state index is 0.104. The van der Waals surface area contributed by atoms with Gasteiger partial charge in [0.1, 0.15) is 5.82 Å². The number of nitrogen functional groups attached to an aromatic ring is 1. The highest BCUT2D eigenvalue weighted by Crippen LogP contribution is 2.35. The molecule has 1 aliphatic rings. The topological polar surface area (TPSA) is 73.1 Å². The van der Waals surface area contributed by atoms with Crippen LogP contribution in [-0.2, 0) is 4.74 Å². The summed E-state index contributed by atoms with van der Waals surface area (Å²) in [5.74, 6) is 0.101. The maximum absolute atomic E-state index is 14.3. The van der Waals surface area contributed by atoms with Gasteiger partial charge in [0.25, 0.3) is 0 Å². The van der Waals surface area contributed by atoms with Gasteiger partial charge >= 0.3 is 0 Å². The second kappa shape index (κ2) is 7.54. The highest BCUT2D eigenvalue weighted by molar-refractivity contribution is 6.33. The van der Waals surface area contributed by atoms with E-state index in [9.17, 15) is 4.39 Å². The number of halogens is 2. The van der Waals surface area contributed by atoms with Crippen molar-refractivity contribution in [3.8, 4) is 11.3 Å². The molecule has 3 rings (SSSR count). The maximum atomic E-state index is 14.3. The van der Waals surface area contributed by atoms with E-state index in [2.05, 4.69) is 22.2 Å². The normalized spacial score (nSPS) is 16.6. The quantitative estimate of drug-likeness (QED) is 0.834. The molecule has 0 spiro atoms. The van der Waals surface area contributed by atoms with Gasteiger partial charge in [0.15, 0.2) is 11.6 Å². The van der Waals surface area contributed by atoms with Crippen molar-refractivity contribution >= 4 is 23.2 Å². The van der Waals surface area contributed by atoms with Gasteiger partial charge in [-0.25, -0.2) is 14.4 Å². The van der Waals surface area contributed by atoms with Crippen LogP contribution in [0.1, 0.15) is 26.2 Å². The number of nitrogens with two attached hydrogens (primary N) is 1. The summed E-state index contributed by atoms with van der Waals surface area (Å²) in [6.45, 7) is 4.29. The fourth-order valence-electron chi connectivity index (χ4n) is 3.12. The van der Waals surface area contributed by atoms with Crippen molar-refractivity contribution in [2.24, 2.45) is 5.41 Å². The second-order valence-corrected chi connectivity index (χ2v) is 6.85. The third kappa shape index (κ3) is 4.02. The van der Waals surface area contributed by atoms with Gasteiger partial charge < -0.3 is 15.8 Å². The summed E-state index contributed by atoms with van der Waals surface area (Å²) in [6, 6.07) is 4.70. The lowest BCUT2D eigenvalue weighted by molar-refractivity contribution is 0.0191. The largest absolute Gasteiger partial charge is 0.384 e. The molecule has 0 atom stereocenters. The molecule has 3 heterocycles. The average Bonchev–Trinajstić information content (AvgIpc) is 2.62. The monoisotopic (exact) mass is 364 g/mol. The van der Waals surface area contributed by atoms with Crippen LogP contribution in [0.4, 0.5) is 16.0 Å². The summed E-state index contributed by atoms with van der Waals surface area (Å²) >= 11 is 6.18. The van der Waals surface area contributed by atoms with E-state index in [4.69, 9.17) is 22.1 Å². The first-order valence-electron chi connectivity index (χ1n) is 8.42. The van der Waals surface area contributed by atoms with Crippen LogP contribution < -0.4 is 11.1 Å². The standard InChI is InChI=1S/C18H22ClFN4O/c1-2-18(4-7-25-8-5-18)11-23-17-14(20)10-13(19)16(24-17)12-3-6-22-15(21)9-12/h3,6,9-10H,2,4-5,7-8,11H2,1H3,(H2,21,22)(H,23,24). The molecule has 0 amide bonds. The predicted molar refractivity (Wildman–Crippen MR) is 98.1 cm³/mol. The molecule has 1 saturated heterocycles. The van der Waals surface area contributed by atoms with Crippen molar-refractivity contribution in [2.75, 3.05) is 30.8 Å². The summed E-state index contributed by atoms with van der Waals surface area (Å²) in [6.07, 6.45) is 4.50. The van der Waals surface area contributed by atoms with Crippen LogP contribution >= 0.6 is 11.6 Å². The first-order valence-corrected chi connectivity index (χ1v) is 8.80. The molecular weight excluding hydrogens is 343 g/mol. The highest BCUT2D eigenvalue weighted by Gasteiger charge is 2.31. The molecule has 1 fully saturated rings. The summed E-state index contributed by atoms with van der Waals surface area (Å²) in [5.41, 5.74) is 7.02. The Morgan fingerprint density at radius 3 is 2.80 bits per heavy atom. The van der Waals surface area contributed by atoms with Crippen LogP contribution in [0.2, 0.25) is 5.02 Å². The van der Waals surface area contributed by atoms with Crippen molar-refractivity contribution in [3.05, 3.63) is 35.2 Å². The van der Waals surface area contributed by atoms with Crippen LogP contribution in [0, 0.1) is 11.2 Å². The van der Waals surface area contributed by atoms with Crippen molar-refractivity contribution in [1.82, 2.24) is 9.97 Å². The van der Waals surface area contributed by atoms with Crippen LogP contribution in [-0.4, -0.2) is 29.7 Å². The number of hydrogen-bond acceptors (Lipinski definition) is 5. The molecule has 3 N–H and O–H groups in total. The molecule has 25 heavy (non-hydrogen) atoms. The van der Waals surface area contributed by atoms with Gasteiger partial charge in [-0.2, -0.15) is 0 Å². The van der Waals surface area contributed by atoms with E-state index < -0.39 is 5.82 Å². The molecule has 2 aromatic heterocycles. The Bertz CT molecular complexity index is 750. The Morgan fingerprint density at radius 2 is 2.12 bits per heavy atom. The van der Waals surface area contributed by atoms with E-state index in [0.717, 1.165) is 32.5 Å². The maximum Gasteiger partial charge on any atom is 0.166 e. The van der Waals surface area contributed by atoms with E-state index in [1.54, 1.807) is 18.3 Å². The Morgan fingerprint density at radius 1 is 1.36 bits per heavy atom. The Balaban J connectivity index is 1.85.